The molecule has 154 valence electrons. The summed E-state index contributed by atoms with van der Waals surface area (Å²) < 4.78 is 0. The topological polar surface area (TPSA) is 165 Å². The Hall–Kier alpha value is -4.35. The van der Waals surface area contributed by atoms with Crippen molar-refractivity contribution in [2.45, 2.75) is 12.5 Å². The van der Waals surface area contributed by atoms with Gasteiger partial charge in [-0.3, -0.25) is 34.7 Å². The highest BCUT2D eigenvalue weighted by atomic mass is 16.6. The van der Waals surface area contributed by atoms with E-state index in [4.69, 9.17) is 0 Å². The molecule has 3 rings (SSSR count). The lowest BCUT2D eigenvalue weighted by atomic mass is 9.91. The van der Waals surface area contributed by atoms with Crippen LogP contribution in [0.2, 0.25) is 0 Å². The fraction of sp³-hybridized carbons (Fsp3) is 0.167. The summed E-state index contributed by atoms with van der Waals surface area (Å²) in [4.78, 5) is 58.6. The molecule has 4 amide bonds. The largest absolute Gasteiger partial charge is 0.325 e. The number of imide groups is 1. The van der Waals surface area contributed by atoms with Gasteiger partial charge in [-0.2, -0.15) is 0 Å². The van der Waals surface area contributed by atoms with Gasteiger partial charge >= 0.3 is 6.03 Å². The van der Waals surface area contributed by atoms with Crippen molar-refractivity contribution in [1.82, 2.24) is 10.2 Å². The Kier molecular flexibility index (Phi) is 5.15. The van der Waals surface area contributed by atoms with Crippen molar-refractivity contribution in [1.29, 1.82) is 0 Å². The molecule has 12 nitrogen and oxygen atoms in total. The molecule has 0 aromatic heterocycles. The van der Waals surface area contributed by atoms with Crippen molar-refractivity contribution in [3.8, 4) is 0 Å². The van der Waals surface area contributed by atoms with Crippen molar-refractivity contribution in [2.24, 2.45) is 0 Å². The zero-order valence-electron chi connectivity index (χ0n) is 15.5. The Labute approximate surface area is 168 Å². The van der Waals surface area contributed by atoms with Crippen LogP contribution in [0.5, 0.6) is 0 Å². The number of carbonyl (C=O) groups excluding carboxylic acids is 3. The third kappa shape index (κ3) is 3.78. The number of nitro benzene ring substituents is 2. The lowest BCUT2D eigenvalue weighted by molar-refractivity contribution is -0.385. The summed E-state index contributed by atoms with van der Waals surface area (Å²) >= 11 is 0. The number of amides is 4. The number of hydrogen-bond donors (Lipinski definition) is 2. The van der Waals surface area contributed by atoms with Crippen LogP contribution in [-0.2, 0) is 15.1 Å². The van der Waals surface area contributed by atoms with Crippen molar-refractivity contribution < 1.29 is 24.2 Å². The minimum absolute atomic E-state index is 0.158. The Balaban J connectivity index is 1.74. The summed E-state index contributed by atoms with van der Waals surface area (Å²) in [7, 11) is 0. The fourth-order valence-electron chi connectivity index (χ4n) is 2.98. The minimum atomic E-state index is -1.57. The van der Waals surface area contributed by atoms with E-state index in [1.54, 1.807) is 0 Å². The van der Waals surface area contributed by atoms with Crippen molar-refractivity contribution >= 4 is 34.9 Å². The zero-order chi connectivity index (χ0) is 22.1. The second-order valence-corrected chi connectivity index (χ2v) is 6.61. The first-order valence-electron chi connectivity index (χ1n) is 8.55. The van der Waals surface area contributed by atoms with Crippen LogP contribution in [0, 0.1) is 20.2 Å². The van der Waals surface area contributed by atoms with Gasteiger partial charge in [0.1, 0.15) is 12.1 Å². The second-order valence-electron chi connectivity index (χ2n) is 6.61. The number of rotatable bonds is 6. The molecular formula is C18H15N5O7. The zero-order valence-corrected chi connectivity index (χ0v) is 15.5. The molecule has 30 heavy (non-hydrogen) atoms. The molecule has 1 saturated heterocycles. The average Bonchev–Trinajstić information content (AvgIpc) is 2.92. The van der Waals surface area contributed by atoms with Gasteiger partial charge in [0.25, 0.3) is 17.3 Å². The van der Waals surface area contributed by atoms with Crippen LogP contribution in [-0.4, -0.2) is 39.1 Å². The molecule has 0 radical (unpaired) electrons. The molecule has 12 heteroatoms. The predicted molar refractivity (Wildman–Crippen MR) is 102 cm³/mol. The first kappa shape index (κ1) is 20.4. The van der Waals surface area contributed by atoms with Crippen LogP contribution < -0.4 is 10.6 Å². The number of nitrogens with one attached hydrogen (secondary N) is 2. The van der Waals surface area contributed by atoms with Gasteiger partial charge in [0.15, 0.2) is 0 Å². The maximum atomic E-state index is 12.8. The van der Waals surface area contributed by atoms with E-state index < -0.39 is 39.8 Å². The van der Waals surface area contributed by atoms with Gasteiger partial charge in [0, 0.05) is 30.0 Å². The standard InChI is InChI=1S/C18H15N5O7/c1-18(11-3-2-4-14(9-11)23(29)30)16(25)21(17(26)20-18)10-15(24)19-12-5-7-13(8-6-12)22(27)28/h2-9H,10H2,1H3,(H,19,24)(H,20,26). The number of urea groups is 1. The number of nitro groups is 2. The number of nitrogens with zero attached hydrogens (tertiary/aromatic N) is 3. The monoisotopic (exact) mass is 413 g/mol. The molecule has 1 aliphatic heterocycles. The fourth-order valence-corrected chi connectivity index (χ4v) is 2.98. The molecule has 1 unspecified atom stereocenters. The molecule has 0 aliphatic carbocycles. The van der Waals surface area contributed by atoms with Crippen LogP contribution in [0.25, 0.3) is 0 Å². The number of benzene rings is 2. The van der Waals surface area contributed by atoms with E-state index in [9.17, 15) is 34.6 Å². The quantitative estimate of drug-likeness (QED) is 0.414. The maximum Gasteiger partial charge on any atom is 0.325 e. The van der Waals surface area contributed by atoms with E-state index in [0.717, 1.165) is 0 Å². The summed E-state index contributed by atoms with van der Waals surface area (Å²) in [6, 6.07) is 9.48. The van der Waals surface area contributed by atoms with E-state index in [-0.39, 0.29) is 22.6 Å². The van der Waals surface area contributed by atoms with Gasteiger partial charge in [-0.1, -0.05) is 12.1 Å². The van der Waals surface area contributed by atoms with Gasteiger partial charge in [0.05, 0.1) is 9.85 Å². The first-order chi connectivity index (χ1) is 14.1. The molecule has 0 saturated carbocycles. The van der Waals surface area contributed by atoms with E-state index in [2.05, 4.69) is 10.6 Å². The highest BCUT2D eigenvalue weighted by Crippen LogP contribution is 2.30. The van der Waals surface area contributed by atoms with Crippen LogP contribution in [0.1, 0.15) is 12.5 Å². The maximum absolute atomic E-state index is 12.8. The first-order valence-corrected chi connectivity index (χ1v) is 8.55. The van der Waals surface area contributed by atoms with E-state index in [1.807, 2.05) is 0 Å². The molecule has 2 N–H and O–H groups in total. The van der Waals surface area contributed by atoms with Crippen LogP contribution in [0.4, 0.5) is 21.9 Å². The van der Waals surface area contributed by atoms with Crippen molar-refractivity contribution in [3.05, 3.63) is 74.3 Å². The van der Waals surface area contributed by atoms with Gasteiger partial charge < -0.3 is 10.6 Å². The minimum Gasteiger partial charge on any atom is -0.325 e. The Morgan fingerprint density at radius 3 is 2.30 bits per heavy atom. The Morgan fingerprint density at radius 1 is 1.07 bits per heavy atom. The summed E-state index contributed by atoms with van der Waals surface area (Å²) in [6.07, 6.45) is 0. The van der Waals surface area contributed by atoms with Crippen LogP contribution in [0.3, 0.4) is 0 Å². The van der Waals surface area contributed by atoms with Crippen molar-refractivity contribution in [3.63, 3.8) is 0 Å². The molecule has 0 bridgehead atoms. The van der Waals surface area contributed by atoms with Gasteiger partial charge in [0.2, 0.25) is 5.91 Å². The number of hydrogen-bond acceptors (Lipinski definition) is 7. The molecule has 0 spiro atoms. The molecule has 2 aromatic rings. The highest BCUT2D eigenvalue weighted by molar-refractivity contribution is 6.10. The second kappa shape index (κ2) is 7.58. The molecule has 1 fully saturated rings. The number of non-ortho nitro benzene ring substituents is 2. The van der Waals surface area contributed by atoms with Crippen LogP contribution in [0.15, 0.2) is 48.5 Å². The summed E-state index contributed by atoms with van der Waals surface area (Å²) in [6.45, 7) is 0.784. The average molecular weight is 413 g/mol. The molecule has 1 aliphatic rings. The number of carbonyl (C=O) groups is 3. The lowest BCUT2D eigenvalue weighted by Gasteiger charge is -2.22. The van der Waals surface area contributed by atoms with Crippen molar-refractivity contribution in [2.75, 3.05) is 11.9 Å². The third-order valence-corrected chi connectivity index (χ3v) is 4.57. The molecular weight excluding hydrogens is 398 g/mol. The Bertz CT molecular complexity index is 1070. The van der Waals surface area contributed by atoms with E-state index in [0.29, 0.717) is 4.90 Å². The van der Waals surface area contributed by atoms with E-state index in [1.165, 1.54) is 55.5 Å². The predicted octanol–water partition coefficient (Wildman–Crippen LogP) is 1.91. The molecule has 1 heterocycles. The van der Waals surface area contributed by atoms with Gasteiger partial charge in [-0.05, 0) is 24.6 Å². The van der Waals surface area contributed by atoms with Crippen LogP contribution >= 0.6 is 0 Å². The summed E-state index contributed by atoms with van der Waals surface area (Å²) in [5.74, 6) is -1.44. The normalized spacial score (nSPS) is 18.1. The molecule has 1 atom stereocenters. The summed E-state index contributed by atoms with van der Waals surface area (Å²) in [5.41, 5.74) is -1.52. The van der Waals surface area contributed by atoms with Gasteiger partial charge in [-0.25, -0.2) is 4.79 Å². The lowest BCUT2D eigenvalue weighted by Crippen LogP contribution is -2.42. The highest BCUT2D eigenvalue weighted by Gasteiger charge is 2.49. The summed E-state index contributed by atoms with van der Waals surface area (Å²) in [5, 5.41) is 26.6. The smallest absolute Gasteiger partial charge is 0.325 e. The number of anilines is 1. The van der Waals surface area contributed by atoms with Gasteiger partial charge in [-0.15, -0.1) is 0 Å². The SMILES string of the molecule is CC1(c2cccc([N+](=O)[O-])c2)NC(=O)N(CC(=O)Nc2ccc([N+](=O)[O-])cc2)C1=O. The molecule has 2 aromatic carbocycles. The Morgan fingerprint density at radius 2 is 1.70 bits per heavy atom. The van der Waals surface area contributed by atoms with E-state index >= 15 is 0 Å². The third-order valence-electron chi connectivity index (χ3n) is 4.57.